The van der Waals surface area contributed by atoms with Gasteiger partial charge < -0.3 is 15.7 Å². The summed E-state index contributed by atoms with van der Waals surface area (Å²) in [5.41, 5.74) is 1.16. The van der Waals surface area contributed by atoms with E-state index in [1.807, 2.05) is 12.1 Å². The number of rotatable bonds is 6. The minimum absolute atomic E-state index is 0.0786. The van der Waals surface area contributed by atoms with Gasteiger partial charge in [0.1, 0.15) is 5.82 Å². The van der Waals surface area contributed by atoms with E-state index in [1.165, 1.54) is 0 Å². The molecule has 2 aromatic rings. The predicted molar refractivity (Wildman–Crippen MR) is 113 cm³/mol. The minimum atomic E-state index is -2.18. The molecule has 0 aliphatic heterocycles. The molecular weight excluding hydrogens is 430 g/mol. The number of hydrogen-bond acceptors (Lipinski definition) is 7. The highest BCUT2D eigenvalue weighted by Crippen LogP contribution is 2.34. The zero-order valence-corrected chi connectivity index (χ0v) is 17.8. The molecular formula is C18H24BrN5O2S. The highest BCUT2D eigenvalue weighted by atomic mass is 79.9. The van der Waals surface area contributed by atoms with Crippen molar-refractivity contribution in [2.45, 2.75) is 31.2 Å². The van der Waals surface area contributed by atoms with E-state index in [2.05, 4.69) is 40.9 Å². The second-order valence-corrected chi connectivity index (χ2v) is 10.5. The lowest BCUT2D eigenvalue weighted by Crippen LogP contribution is -2.39. The first-order chi connectivity index (χ1) is 12.8. The van der Waals surface area contributed by atoms with Gasteiger partial charge in [-0.2, -0.15) is 9.35 Å². The Labute approximate surface area is 168 Å². The van der Waals surface area contributed by atoms with E-state index in [1.54, 1.807) is 30.8 Å². The standard InChI is InChI=1S/C18H24BrN5O2S/c1-27(2,26)24-14-7-5-13(6-8-14)21-17-20-11-15(19)16(22-17)23-18(12-25)9-3-4-10-18/h5-8,11,25H,3-4,9-10,12H2,1-2H3,(H2,20,21,22,23). The lowest BCUT2D eigenvalue weighted by molar-refractivity contribution is 0.213. The van der Waals surface area contributed by atoms with Crippen molar-refractivity contribution < 1.29 is 9.32 Å². The van der Waals surface area contributed by atoms with Crippen molar-refractivity contribution in [1.82, 2.24) is 9.97 Å². The van der Waals surface area contributed by atoms with Gasteiger partial charge in [0, 0.05) is 34.1 Å². The average Bonchev–Trinajstić information content (AvgIpc) is 3.07. The molecule has 0 atom stereocenters. The topological polar surface area (TPSA) is 99.5 Å². The SMILES string of the molecule is CS(C)(=O)=Nc1ccc(Nc2ncc(Br)c(NC3(CO)CCCC3)n2)cc1. The minimum Gasteiger partial charge on any atom is -0.394 e. The Bertz CT molecular complexity index is 912. The largest absolute Gasteiger partial charge is 0.394 e. The number of aliphatic hydroxyl groups is 1. The van der Waals surface area contributed by atoms with Crippen LogP contribution in [0.4, 0.5) is 23.1 Å². The van der Waals surface area contributed by atoms with E-state index < -0.39 is 9.73 Å². The van der Waals surface area contributed by atoms with Crippen LogP contribution >= 0.6 is 15.9 Å². The second-order valence-electron chi connectivity index (χ2n) is 7.11. The molecule has 1 heterocycles. The molecule has 0 amide bonds. The number of anilines is 3. The van der Waals surface area contributed by atoms with Crippen molar-refractivity contribution in [3.63, 3.8) is 0 Å². The van der Waals surface area contributed by atoms with Gasteiger partial charge in [0.25, 0.3) is 0 Å². The van der Waals surface area contributed by atoms with E-state index in [-0.39, 0.29) is 12.1 Å². The summed E-state index contributed by atoms with van der Waals surface area (Å²) < 4.78 is 16.7. The van der Waals surface area contributed by atoms with Crippen LogP contribution < -0.4 is 10.6 Å². The van der Waals surface area contributed by atoms with Gasteiger partial charge in [-0.3, -0.25) is 0 Å². The van der Waals surface area contributed by atoms with Gasteiger partial charge in [0.15, 0.2) is 0 Å². The maximum Gasteiger partial charge on any atom is 0.229 e. The Morgan fingerprint density at radius 2 is 1.93 bits per heavy atom. The maximum atomic E-state index is 11.8. The smallest absolute Gasteiger partial charge is 0.229 e. The molecule has 0 saturated heterocycles. The summed E-state index contributed by atoms with van der Waals surface area (Å²) in [6.07, 6.45) is 8.93. The monoisotopic (exact) mass is 453 g/mol. The molecule has 1 saturated carbocycles. The molecule has 9 heteroatoms. The number of aliphatic hydroxyl groups excluding tert-OH is 1. The van der Waals surface area contributed by atoms with Crippen LogP contribution in [-0.4, -0.2) is 43.9 Å². The van der Waals surface area contributed by atoms with E-state index >= 15 is 0 Å². The Hall–Kier alpha value is -1.71. The van der Waals surface area contributed by atoms with Crippen LogP contribution in [-0.2, 0) is 9.73 Å². The first kappa shape index (κ1) is 20.0. The van der Waals surface area contributed by atoms with Crippen molar-refractivity contribution in [1.29, 1.82) is 0 Å². The van der Waals surface area contributed by atoms with Crippen molar-refractivity contribution >= 4 is 48.8 Å². The Kier molecular flexibility index (Phi) is 6.02. The van der Waals surface area contributed by atoms with E-state index in [0.717, 1.165) is 35.8 Å². The van der Waals surface area contributed by atoms with Gasteiger partial charge in [0.2, 0.25) is 5.95 Å². The molecule has 0 bridgehead atoms. The van der Waals surface area contributed by atoms with Gasteiger partial charge in [-0.05, 0) is 53.0 Å². The molecule has 7 nitrogen and oxygen atoms in total. The summed E-state index contributed by atoms with van der Waals surface area (Å²) in [7, 11) is -2.18. The lowest BCUT2D eigenvalue weighted by Gasteiger charge is -2.29. The number of nitrogens with one attached hydrogen (secondary N) is 2. The van der Waals surface area contributed by atoms with Crippen molar-refractivity contribution in [2.75, 3.05) is 29.8 Å². The fourth-order valence-corrected chi connectivity index (χ4v) is 4.05. The third-order valence-corrected chi connectivity index (χ3v) is 5.67. The summed E-state index contributed by atoms with van der Waals surface area (Å²) >= 11 is 3.48. The van der Waals surface area contributed by atoms with E-state index in [9.17, 15) is 9.32 Å². The predicted octanol–water partition coefficient (Wildman–Crippen LogP) is 4.06. The fraction of sp³-hybridized carbons (Fsp3) is 0.444. The molecule has 3 rings (SSSR count). The average molecular weight is 454 g/mol. The summed E-state index contributed by atoms with van der Waals surface area (Å²) in [5, 5.41) is 16.4. The van der Waals surface area contributed by atoms with Gasteiger partial charge in [-0.1, -0.05) is 12.8 Å². The molecule has 146 valence electrons. The molecule has 1 aliphatic rings. The highest BCUT2D eigenvalue weighted by molar-refractivity contribution is 9.10. The van der Waals surface area contributed by atoms with Crippen molar-refractivity contribution in [3.05, 3.63) is 34.9 Å². The molecule has 1 aromatic carbocycles. The quantitative estimate of drug-likeness (QED) is 0.609. The van der Waals surface area contributed by atoms with Gasteiger partial charge >= 0.3 is 0 Å². The normalized spacial score (nSPS) is 16.1. The second kappa shape index (κ2) is 8.12. The molecule has 1 fully saturated rings. The van der Waals surface area contributed by atoms with Crippen LogP contribution in [0.2, 0.25) is 0 Å². The zero-order chi connectivity index (χ0) is 19.5. The highest BCUT2D eigenvalue weighted by Gasteiger charge is 2.34. The van der Waals surface area contributed by atoms with Gasteiger partial charge in [0.05, 0.1) is 22.3 Å². The van der Waals surface area contributed by atoms with Crippen LogP contribution in [0.1, 0.15) is 25.7 Å². The summed E-state index contributed by atoms with van der Waals surface area (Å²) in [6, 6.07) is 7.28. The van der Waals surface area contributed by atoms with E-state index in [4.69, 9.17) is 0 Å². The summed E-state index contributed by atoms with van der Waals surface area (Å²) in [4.78, 5) is 8.84. The Balaban J connectivity index is 1.77. The molecule has 0 unspecified atom stereocenters. The Morgan fingerprint density at radius 1 is 1.26 bits per heavy atom. The molecule has 0 spiro atoms. The molecule has 27 heavy (non-hydrogen) atoms. The first-order valence-corrected chi connectivity index (χ1v) is 11.9. The number of nitrogens with zero attached hydrogens (tertiary/aromatic N) is 3. The molecule has 0 radical (unpaired) electrons. The van der Waals surface area contributed by atoms with Crippen LogP contribution in [0.5, 0.6) is 0 Å². The van der Waals surface area contributed by atoms with Crippen LogP contribution in [0.3, 0.4) is 0 Å². The third kappa shape index (κ3) is 5.40. The number of benzene rings is 1. The van der Waals surface area contributed by atoms with E-state index in [0.29, 0.717) is 17.5 Å². The Morgan fingerprint density at radius 3 is 2.52 bits per heavy atom. The fourth-order valence-electron chi connectivity index (χ4n) is 3.13. The third-order valence-electron chi connectivity index (χ3n) is 4.44. The van der Waals surface area contributed by atoms with Crippen molar-refractivity contribution in [3.8, 4) is 0 Å². The van der Waals surface area contributed by atoms with Gasteiger partial charge in [-0.15, -0.1) is 0 Å². The first-order valence-electron chi connectivity index (χ1n) is 8.74. The lowest BCUT2D eigenvalue weighted by atomic mass is 9.99. The maximum absolute atomic E-state index is 11.8. The number of aromatic nitrogens is 2. The summed E-state index contributed by atoms with van der Waals surface area (Å²) in [6.45, 7) is 0.0786. The number of halogens is 1. The molecule has 1 aliphatic carbocycles. The van der Waals surface area contributed by atoms with Crippen molar-refractivity contribution in [2.24, 2.45) is 4.36 Å². The zero-order valence-electron chi connectivity index (χ0n) is 15.4. The van der Waals surface area contributed by atoms with Gasteiger partial charge in [-0.25, -0.2) is 9.19 Å². The number of hydrogen-bond donors (Lipinski definition) is 3. The molecule has 3 N–H and O–H groups in total. The molecule has 1 aromatic heterocycles. The van der Waals surface area contributed by atoms with Crippen LogP contribution in [0.15, 0.2) is 39.3 Å². The summed E-state index contributed by atoms with van der Waals surface area (Å²) in [5.74, 6) is 1.11. The van der Waals surface area contributed by atoms with Crippen LogP contribution in [0, 0.1) is 0 Å². The van der Waals surface area contributed by atoms with Crippen LogP contribution in [0.25, 0.3) is 0 Å².